The summed E-state index contributed by atoms with van der Waals surface area (Å²) in [5.74, 6) is 0.165. The summed E-state index contributed by atoms with van der Waals surface area (Å²) in [6.07, 6.45) is 1.32. The van der Waals surface area contributed by atoms with E-state index in [0.717, 1.165) is 5.75 Å². The number of nitrogens with two attached hydrogens (primary N) is 1. The molecule has 0 aliphatic rings. The molecular weight excluding hydrogens is 280 g/mol. The number of halogens is 1. The van der Waals surface area contributed by atoms with E-state index in [0.29, 0.717) is 0 Å². The molecule has 0 fully saturated rings. The largest absolute Gasteiger partial charge is 0.490 e. The molecule has 0 saturated carbocycles. The SMILES string of the molecule is Nc1cnc(Cl)cc1C(=O)OCCOc1ccccc1. The van der Waals surface area contributed by atoms with Crippen molar-refractivity contribution in [2.24, 2.45) is 0 Å². The van der Waals surface area contributed by atoms with Gasteiger partial charge in [-0.3, -0.25) is 0 Å². The van der Waals surface area contributed by atoms with Crippen LogP contribution in [0.15, 0.2) is 42.6 Å². The Morgan fingerprint density at radius 1 is 1.25 bits per heavy atom. The van der Waals surface area contributed by atoms with Gasteiger partial charge in [-0.25, -0.2) is 9.78 Å². The van der Waals surface area contributed by atoms with Crippen molar-refractivity contribution >= 4 is 23.3 Å². The molecule has 0 amide bonds. The first-order valence-electron chi connectivity index (χ1n) is 5.93. The van der Waals surface area contributed by atoms with Crippen LogP contribution < -0.4 is 10.5 Å². The predicted molar refractivity (Wildman–Crippen MR) is 75.9 cm³/mol. The molecule has 0 aliphatic heterocycles. The maximum absolute atomic E-state index is 11.8. The zero-order valence-corrected chi connectivity index (χ0v) is 11.3. The van der Waals surface area contributed by atoms with Gasteiger partial charge in [0.05, 0.1) is 17.4 Å². The van der Waals surface area contributed by atoms with E-state index in [4.69, 9.17) is 26.8 Å². The molecule has 0 bridgehead atoms. The highest BCUT2D eigenvalue weighted by Crippen LogP contribution is 2.16. The topological polar surface area (TPSA) is 74.4 Å². The molecule has 0 saturated heterocycles. The third kappa shape index (κ3) is 3.86. The summed E-state index contributed by atoms with van der Waals surface area (Å²) >= 11 is 5.70. The summed E-state index contributed by atoms with van der Waals surface area (Å²) in [6, 6.07) is 10.6. The zero-order chi connectivity index (χ0) is 14.4. The zero-order valence-electron chi connectivity index (χ0n) is 10.6. The van der Waals surface area contributed by atoms with Crippen LogP contribution in [0.2, 0.25) is 5.15 Å². The summed E-state index contributed by atoms with van der Waals surface area (Å²) in [5, 5.41) is 0.187. The van der Waals surface area contributed by atoms with Crippen LogP contribution in [0.3, 0.4) is 0 Å². The van der Waals surface area contributed by atoms with Crippen molar-refractivity contribution in [1.82, 2.24) is 4.98 Å². The number of carbonyl (C=O) groups is 1. The fourth-order valence-electron chi connectivity index (χ4n) is 1.51. The molecule has 0 spiro atoms. The molecule has 0 radical (unpaired) electrons. The number of aromatic nitrogens is 1. The van der Waals surface area contributed by atoms with E-state index in [-0.39, 0.29) is 29.6 Å². The Bertz CT molecular complexity index is 590. The quantitative estimate of drug-likeness (QED) is 0.521. The monoisotopic (exact) mass is 292 g/mol. The maximum atomic E-state index is 11.8. The van der Waals surface area contributed by atoms with Gasteiger partial charge in [0.2, 0.25) is 0 Å². The van der Waals surface area contributed by atoms with E-state index < -0.39 is 5.97 Å². The Morgan fingerprint density at radius 2 is 2.00 bits per heavy atom. The number of hydrogen-bond acceptors (Lipinski definition) is 5. The van der Waals surface area contributed by atoms with Crippen molar-refractivity contribution in [3.05, 3.63) is 53.3 Å². The van der Waals surface area contributed by atoms with Crippen molar-refractivity contribution in [2.75, 3.05) is 18.9 Å². The Kier molecular flexibility index (Phi) is 4.79. The second kappa shape index (κ2) is 6.77. The number of anilines is 1. The number of nitrogen functional groups attached to an aromatic ring is 1. The number of para-hydroxylation sites is 1. The van der Waals surface area contributed by atoms with Crippen molar-refractivity contribution in [3.8, 4) is 5.75 Å². The Hall–Kier alpha value is -2.27. The second-order valence-electron chi connectivity index (χ2n) is 3.89. The van der Waals surface area contributed by atoms with Crippen LogP contribution in [-0.2, 0) is 4.74 Å². The first-order valence-corrected chi connectivity index (χ1v) is 6.30. The highest BCUT2D eigenvalue weighted by Gasteiger charge is 2.12. The molecule has 1 heterocycles. The smallest absolute Gasteiger partial charge is 0.340 e. The van der Waals surface area contributed by atoms with Crippen LogP contribution in [0.25, 0.3) is 0 Å². The number of rotatable bonds is 5. The lowest BCUT2D eigenvalue weighted by atomic mass is 10.2. The first-order chi connectivity index (χ1) is 9.66. The number of esters is 1. The van der Waals surface area contributed by atoms with Gasteiger partial charge in [-0.1, -0.05) is 29.8 Å². The van der Waals surface area contributed by atoms with Crippen molar-refractivity contribution < 1.29 is 14.3 Å². The van der Waals surface area contributed by atoms with Gasteiger partial charge in [0, 0.05) is 0 Å². The van der Waals surface area contributed by atoms with Crippen molar-refractivity contribution in [3.63, 3.8) is 0 Å². The molecule has 20 heavy (non-hydrogen) atoms. The molecule has 5 nitrogen and oxygen atoms in total. The average Bonchev–Trinajstić information content (AvgIpc) is 2.47. The van der Waals surface area contributed by atoms with Gasteiger partial charge in [0.15, 0.2) is 0 Å². The predicted octanol–water partition coefficient (Wildman–Crippen LogP) is 2.55. The molecule has 0 aliphatic carbocycles. The summed E-state index contributed by atoms with van der Waals surface area (Å²) in [7, 11) is 0. The Balaban J connectivity index is 1.82. The van der Waals surface area contributed by atoms with Gasteiger partial charge in [0.25, 0.3) is 0 Å². The highest BCUT2D eigenvalue weighted by atomic mass is 35.5. The minimum Gasteiger partial charge on any atom is -0.490 e. The van der Waals surface area contributed by atoms with Crippen molar-refractivity contribution in [2.45, 2.75) is 0 Å². The van der Waals surface area contributed by atoms with Gasteiger partial charge in [-0.15, -0.1) is 0 Å². The van der Waals surface area contributed by atoms with E-state index in [1.54, 1.807) is 0 Å². The third-order valence-electron chi connectivity index (χ3n) is 2.45. The second-order valence-corrected chi connectivity index (χ2v) is 4.28. The minimum atomic E-state index is -0.552. The normalized spacial score (nSPS) is 10.1. The molecule has 6 heteroatoms. The molecule has 1 aromatic heterocycles. The summed E-state index contributed by atoms with van der Waals surface area (Å²) in [4.78, 5) is 15.6. The van der Waals surface area contributed by atoms with Gasteiger partial charge >= 0.3 is 5.97 Å². The van der Waals surface area contributed by atoms with Gasteiger partial charge in [-0.2, -0.15) is 0 Å². The van der Waals surface area contributed by atoms with E-state index in [2.05, 4.69) is 4.98 Å². The average molecular weight is 293 g/mol. The number of carbonyl (C=O) groups excluding carboxylic acids is 1. The van der Waals surface area contributed by atoms with E-state index >= 15 is 0 Å². The standard InChI is InChI=1S/C14H13ClN2O3/c15-13-8-11(12(16)9-17-13)14(18)20-7-6-19-10-4-2-1-3-5-10/h1-5,8-9H,6-7,16H2. The Morgan fingerprint density at radius 3 is 2.75 bits per heavy atom. The Labute approximate surface area is 121 Å². The van der Waals surface area contributed by atoms with Crippen LogP contribution in [0.1, 0.15) is 10.4 Å². The van der Waals surface area contributed by atoms with Gasteiger partial charge < -0.3 is 15.2 Å². The number of nitrogens with zero attached hydrogens (tertiary/aromatic N) is 1. The summed E-state index contributed by atoms with van der Waals surface area (Å²) in [5.41, 5.74) is 6.06. The molecule has 104 valence electrons. The summed E-state index contributed by atoms with van der Waals surface area (Å²) in [6.45, 7) is 0.377. The van der Waals surface area contributed by atoms with Gasteiger partial charge in [-0.05, 0) is 18.2 Å². The van der Waals surface area contributed by atoms with E-state index in [1.807, 2.05) is 30.3 Å². The number of ether oxygens (including phenoxy) is 2. The third-order valence-corrected chi connectivity index (χ3v) is 2.66. The van der Waals surface area contributed by atoms with Crippen LogP contribution >= 0.6 is 11.6 Å². The lowest BCUT2D eigenvalue weighted by Crippen LogP contribution is -2.14. The van der Waals surface area contributed by atoms with E-state index in [9.17, 15) is 4.79 Å². The fraction of sp³-hybridized carbons (Fsp3) is 0.143. The molecule has 2 aromatic rings. The fourth-order valence-corrected chi connectivity index (χ4v) is 1.66. The van der Waals surface area contributed by atoms with Crippen LogP contribution in [0.5, 0.6) is 5.75 Å². The van der Waals surface area contributed by atoms with Gasteiger partial charge in [0.1, 0.15) is 24.1 Å². The van der Waals surface area contributed by atoms with Crippen LogP contribution in [0, 0.1) is 0 Å². The molecule has 2 N–H and O–H groups in total. The minimum absolute atomic E-state index is 0.118. The lowest BCUT2D eigenvalue weighted by Gasteiger charge is -2.08. The van der Waals surface area contributed by atoms with Crippen LogP contribution in [0.4, 0.5) is 5.69 Å². The van der Waals surface area contributed by atoms with Crippen molar-refractivity contribution in [1.29, 1.82) is 0 Å². The van der Waals surface area contributed by atoms with E-state index in [1.165, 1.54) is 12.3 Å². The molecule has 0 atom stereocenters. The lowest BCUT2D eigenvalue weighted by molar-refractivity contribution is 0.0451. The molecule has 1 aromatic carbocycles. The maximum Gasteiger partial charge on any atom is 0.340 e. The summed E-state index contributed by atoms with van der Waals surface area (Å²) < 4.78 is 10.5. The first kappa shape index (κ1) is 14.1. The molecule has 0 unspecified atom stereocenters. The number of hydrogen-bond donors (Lipinski definition) is 1. The molecule has 2 rings (SSSR count). The molecular formula is C14H13ClN2O3. The number of benzene rings is 1. The number of pyridine rings is 1. The van der Waals surface area contributed by atoms with Crippen LogP contribution in [-0.4, -0.2) is 24.2 Å². The highest BCUT2D eigenvalue weighted by molar-refractivity contribution is 6.29.